The number of benzene rings is 2. The van der Waals surface area contributed by atoms with Crippen LogP contribution >= 0.6 is 0 Å². The Labute approximate surface area is 166 Å². The highest BCUT2D eigenvalue weighted by Crippen LogP contribution is 2.16. The number of ether oxygens (including phenoxy) is 1. The van der Waals surface area contributed by atoms with Crippen LogP contribution in [0.25, 0.3) is 0 Å². The van der Waals surface area contributed by atoms with Gasteiger partial charge < -0.3 is 20.7 Å². The molecule has 0 heterocycles. The highest BCUT2D eigenvalue weighted by Gasteiger charge is 2.08. The van der Waals surface area contributed by atoms with Gasteiger partial charge in [0.2, 0.25) is 11.8 Å². The molecule has 0 fully saturated rings. The molecule has 0 saturated carbocycles. The number of hydrogen-bond acceptors (Lipinski definition) is 4. The lowest BCUT2D eigenvalue weighted by Gasteiger charge is -2.11. The van der Waals surface area contributed by atoms with Gasteiger partial charge in [-0.05, 0) is 49.7 Å². The number of carbonyl (C=O) groups excluding carboxylic acids is 2. The molecule has 3 N–H and O–H groups in total. The van der Waals surface area contributed by atoms with E-state index in [0.29, 0.717) is 17.9 Å². The minimum atomic E-state index is -0.146. The van der Waals surface area contributed by atoms with Crippen LogP contribution in [0.3, 0.4) is 0 Å². The van der Waals surface area contributed by atoms with Gasteiger partial charge in [0.15, 0.2) is 0 Å². The zero-order valence-corrected chi connectivity index (χ0v) is 16.9. The molecule has 2 rings (SSSR count). The van der Waals surface area contributed by atoms with Crippen LogP contribution in [0, 0.1) is 5.92 Å². The number of hydrogen-bond donors (Lipinski definition) is 3. The van der Waals surface area contributed by atoms with Crippen LogP contribution in [0.5, 0.6) is 5.75 Å². The Hall–Kier alpha value is -2.86. The summed E-state index contributed by atoms with van der Waals surface area (Å²) in [5.74, 6) is 0.524. The molecule has 2 amide bonds. The molecule has 150 valence electrons. The fourth-order valence-electron chi connectivity index (χ4n) is 2.44. The molecular formula is C22H29N3O3. The van der Waals surface area contributed by atoms with Gasteiger partial charge in [0, 0.05) is 23.8 Å². The van der Waals surface area contributed by atoms with Crippen molar-refractivity contribution in [1.82, 2.24) is 5.32 Å². The van der Waals surface area contributed by atoms with Gasteiger partial charge in [-0.25, -0.2) is 0 Å². The van der Waals surface area contributed by atoms with Crippen molar-refractivity contribution in [3.8, 4) is 5.75 Å². The minimum Gasteiger partial charge on any atom is -0.491 e. The highest BCUT2D eigenvalue weighted by atomic mass is 16.5. The molecule has 0 bridgehead atoms. The second-order valence-corrected chi connectivity index (χ2v) is 7.19. The van der Waals surface area contributed by atoms with Crippen LogP contribution in [-0.2, 0) is 16.1 Å². The Morgan fingerprint density at radius 3 is 2.18 bits per heavy atom. The van der Waals surface area contributed by atoms with Gasteiger partial charge in [0.1, 0.15) is 5.75 Å². The van der Waals surface area contributed by atoms with Gasteiger partial charge in [0.25, 0.3) is 0 Å². The second kappa shape index (κ2) is 10.5. The van der Waals surface area contributed by atoms with Gasteiger partial charge in [-0.1, -0.05) is 32.0 Å². The van der Waals surface area contributed by atoms with Crippen LogP contribution in [-0.4, -0.2) is 24.5 Å². The van der Waals surface area contributed by atoms with Gasteiger partial charge in [-0.3, -0.25) is 9.59 Å². The van der Waals surface area contributed by atoms with Gasteiger partial charge in [0.05, 0.1) is 12.6 Å². The van der Waals surface area contributed by atoms with E-state index in [-0.39, 0.29) is 30.4 Å². The lowest BCUT2D eigenvalue weighted by atomic mass is 10.2. The lowest BCUT2D eigenvalue weighted by molar-refractivity contribution is -0.119. The third-order valence-corrected chi connectivity index (χ3v) is 3.85. The molecule has 0 aliphatic rings. The largest absolute Gasteiger partial charge is 0.491 e. The van der Waals surface area contributed by atoms with Crippen LogP contribution in [0.1, 0.15) is 33.3 Å². The summed E-state index contributed by atoms with van der Waals surface area (Å²) in [6.07, 6.45) is 0.143. The molecule has 0 atom stereocenters. The topological polar surface area (TPSA) is 79.5 Å². The fraction of sp³-hybridized carbons (Fsp3) is 0.364. The van der Waals surface area contributed by atoms with Crippen molar-refractivity contribution >= 4 is 23.2 Å². The van der Waals surface area contributed by atoms with E-state index in [1.807, 2.05) is 52.0 Å². The highest BCUT2D eigenvalue weighted by molar-refractivity contribution is 5.95. The first kappa shape index (κ1) is 21.4. The van der Waals surface area contributed by atoms with Crippen molar-refractivity contribution in [2.45, 2.75) is 40.3 Å². The third kappa shape index (κ3) is 7.40. The molecule has 0 saturated heterocycles. The molecule has 2 aromatic rings. The van der Waals surface area contributed by atoms with E-state index >= 15 is 0 Å². The van der Waals surface area contributed by atoms with Gasteiger partial charge in [-0.2, -0.15) is 0 Å². The van der Waals surface area contributed by atoms with E-state index in [1.54, 1.807) is 24.3 Å². The molecule has 0 unspecified atom stereocenters. The van der Waals surface area contributed by atoms with Crippen LogP contribution in [0.4, 0.5) is 11.4 Å². The van der Waals surface area contributed by atoms with E-state index in [0.717, 1.165) is 11.3 Å². The molecule has 2 aromatic carbocycles. The Morgan fingerprint density at radius 2 is 1.57 bits per heavy atom. The maximum atomic E-state index is 12.1. The predicted molar refractivity (Wildman–Crippen MR) is 112 cm³/mol. The van der Waals surface area contributed by atoms with E-state index in [9.17, 15) is 9.59 Å². The molecule has 0 spiro atoms. The van der Waals surface area contributed by atoms with E-state index in [1.165, 1.54) is 0 Å². The summed E-state index contributed by atoms with van der Waals surface area (Å²) in [5, 5.41) is 8.77. The fourth-order valence-corrected chi connectivity index (χ4v) is 2.44. The van der Waals surface area contributed by atoms with Crippen molar-refractivity contribution in [2.24, 2.45) is 5.92 Å². The van der Waals surface area contributed by atoms with Crippen LogP contribution in [0.15, 0.2) is 48.5 Å². The summed E-state index contributed by atoms with van der Waals surface area (Å²) in [5.41, 5.74) is 2.37. The summed E-state index contributed by atoms with van der Waals surface area (Å²) in [4.78, 5) is 23.9. The van der Waals surface area contributed by atoms with E-state index < -0.39 is 0 Å². The molecule has 0 aromatic heterocycles. The van der Waals surface area contributed by atoms with E-state index in [2.05, 4.69) is 16.0 Å². The monoisotopic (exact) mass is 383 g/mol. The predicted octanol–water partition coefficient (Wildman–Crippen LogP) is 3.80. The summed E-state index contributed by atoms with van der Waals surface area (Å²) in [6.45, 7) is 8.41. The number of carbonyl (C=O) groups is 2. The summed E-state index contributed by atoms with van der Waals surface area (Å²) in [6, 6.07) is 14.9. The average Bonchev–Trinajstić information content (AvgIpc) is 2.63. The summed E-state index contributed by atoms with van der Waals surface area (Å²) >= 11 is 0. The normalized spacial score (nSPS) is 10.8. The maximum absolute atomic E-state index is 12.1. The first-order valence-corrected chi connectivity index (χ1v) is 9.50. The summed E-state index contributed by atoms with van der Waals surface area (Å²) < 4.78 is 5.61. The zero-order chi connectivity index (χ0) is 20.5. The number of nitrogens with one attached hydrogen (secondary N) is 3. The Bertz CT molecular complexity index is 786. The Balaban J connectivity index is 1.79. The van der Waals surface area contributed by atoms with Crippen molar-refractivity contribution in [3.63, 3.8) is 0 Å². The van der Waals surface area contributed by atoms with E-state index in [4.69, 9.17) is 4.74 Å². The van der Waals surface area contributed by atoms with Crippen molar-refractivity contribution in [2.75, 3.05) is 17.2 Å². The SMILES string of the molecule is CC(C)Oc1ccc(CNCC(=O)Nc2cccc(NC(=O)C(C)C)c2)cc1. The Kier molecular flexibility index (Phi) is 8.02. The molecule has 0 radical (unpaired) electrons. The smallest absolute Gasteiger partial charge is 0.238 e. The maximum Gasteiger partial charge on any atom is 0.238 e. The number of rotatable bonds is 9. The first-order valence-electron chi connectivity index (χ1n) is 9.50. The molecular weight excluding hydrogens is 354 g/mol. The van der Waals surface area contributed by atoms with Crippen LogP contribution in [0.2, 0.25) is 0 Å². The lowest BCUT2D eigenvalue weighted by Crippen LogP contribution is -2.27. The van der Waals surface area contributed by atoms with Crippen molar-refractivity contribution in [3.05, 3.63) is 54.1 Å². The molecule has 6 heteroatoms. The third-order valence-electron chi connectivity index (χ3n) is 3.85. The quantitative estimate of drug-likeness (QED) is 0.615. The summed E-state index contributed by atoms with van der Waals surface area (Å²) in [7, 11) is 0. The molecule has 0 aliphatic heterocycles. The Morgan fingerprint density at radius 1 is 0.929 bits per heavy atom. The van der Waals surface area contributed by atoms with Gasteiger partial charge >= 0.3 is 0 Å². The van der Waals surface area contributed by atoms with Gasteiger partial charge in [-0.15, -0.1) is 0 Å². The average molecular weight is 383 g/mol. The molecule has 0 aliphatic carbocycles. The second-order valence-electron chi connectivity index (χ2n) is 7.19. The molecule has 6 nitrogen and oxygen atoms in total. The standard InChI is InChI=1S/C22H29N3O3/c1-15(2)22(27)25-19-7-5-6-18(12-19)24-21(26)14-23-13-17-8-10-20(11-9-17)28-16(3)4/h5-12,15-16,23H,13-14H2,1-4H3,(H,24,26)(H,25,27). The molecule has 28 heavy (non-hydrogen) atoms. The first-order chi connectivity index (χ1) is 13.3. The minimum absolute atomic E-state index is 0.0602. The number of amides is 2. The number of anilines is 2. The van der Waals surface area contributed by atoms with Crippen molar-refractivity contribution < 1.29 is 14.3 Å². The van der Waals surface area contributed by atoms with Crippen molar-refractivity contribution in [1.29, 1.82) is 0 Å². The van der Waals surface area contributed by atoms with Crippen LogP contribution < -0.4 is 20.7 Å². The zero-order valence-electron chi connectivity index (χ0n) is 16.9.